The Hall–Kier alpha value is -0.390. The SMILES string of the molecule is CC(C)C[P+](CCCN(C(C)C)C(C)C)(Cc1ccccc1)CC(C)C. The largest absolute Gasteiger partial charge is 0.298 e. The van der Waals surface area contributed by atoms with E-state index in [9.17, 15) is 0 Å². The van der Waals surface area contributed by atoms with Crippen LogP contribution in [-0.2, 0) is 6.16 Å². The first-order chi connectivity index (χ1) is 12.1. The molecule has 0 bridgehead atoms. The fraction of sp³-hybridized carbons (Fsp3) is 0.750. The van der Waals surface area contributed by atoms with Crippen LogP contribution in [0.1, 0.15) is 67.4 Å². The minimum absolute atomic E-state index is 0.645. The second-order valence-corrected chi connectivity index (χ2v) is 13.8. The third-order valence-electron chi connectivity index (χ3n) is 5.24. The molecule has 0 aromatic heterocycles. The van der Waals surface area contributed by atoms with Gasteiger partial charge in [0, 0.05) is 25.9 Å². The molecule has 0 heterocycles. The zero-order chi connectivity index (χ0) is 19.7. The molecule has 0 fully saturated rings. The van der Waals surface area contributed by atoms with E-state index in [-0.39, 0.29) is 0 Å². The van der Waals surface area contributed by atoms with Crippen molar-refractivity contribution in [3.8, 4) is 0 Å². The van der Waals surface area contributed by atoms with Crippen molar-refractivity contribution in [3.63, 3.8) is 0 Å². The molecule has 150 valence electrons. The molecule has 0 saturated carbocycles. The molecular formula is C24H45NP+. The molecule has 1 rings (SSSR count). The number of hydrogen-bond acceptors (Lipinski definition) is 1. The highest BCUT2D eigenvalue weighted by molar-refractivity contribution is 7.75. The van der Waals surface area contributed by atoms with Crippen molar-refractivity contribution in [2.24, 2.45) is 11.8 Å². The van der Waals surface area contributed by atoms with Gasteiger partial charge >= 0.3 is 0 Å². The Kier molecular flexibility index (Phi) is 10.4. The molecule has 0 spiro atoms. The average Bonchev–Trinajstić information content (AvgIpc) is 2.50. The van der Waals surface area contributed by atoms with Gasteiger partial charge in [-0.15, -0.1) is 0 Å². The summed E-state index contributed by atoms with van der Waals surface area (Å²) in [7, 11) is -0.974. The lowest BCUT2D eigenvalue weighted by atomic mass is 10.2. The van der Waals surface area contributed by atoms with Crippen molar-refractivity contribution in [2.45, 2.75) is 80.1 Å². The van der Waals surface area contributed by atoms with Gasteiger partial charge in [-0.1, -0.05) is 58.0 Å². The predicted octanol–water partition coefficient (Wildman–Crippen LogP) is 7.03. The van der Waals surface area contributed by atoms with Crippen LogP contribution in [0.5, 0.6) is 0 Å². The van der Waals surface area contributed by atoms with Crippen LogP contribution < -0.4 is 0 Å². The first kappa shape index (κ1) is 23.6. The molecule has 0 amide bonds. The first-order valence-corrected chi connectivity index (χ1v) is 13.3. The maximum Gasteiger partial charge on any atom is 0.0843 e. The standard InChI is InChI=1S/C24H45NP/c1-20(2)17-26(18-21(3)4,19-24-13-10-9-11-14-24)16-12-15-25(22(5)6)23(7)8/h9-11,13-14,20-23H,12,15-19H2,1-8H3/q+1. The molecule has 0 aliphatic carbocycles. The second kappa shape index (κ2) is 11.5. The van der Waals surface area contributed by atoms with E-state index in [1.54, 1.807) is 5.56 Å². The minimum Gasteiger partial charge on any atom is -0.298 e. The second-order valence-electron chi connectivity index (χ2n) is 9.64. The van der Waals surface area contributed by atoms with Crippen LogP contribution in [0.4, 0.5) is 0 Å². The van der Waals surface area contributed by atoms with Crippen LogP contribution >= 0.6 is 7.26 Å². The molecule has 1 nitrogen and oxygen atoms in total. The molecule has 0 unspecified atom stereocenters. The maximum absolute atomic E-state index is 2.67. The Morgan fingerprint density at radius 2 is 1.27 bits per heavy atom. The molecule has 0 radical (unpaired) electrons. The number of nitrogens with zero attached hydrogens (tertiary/aromatic N) is 1. The molecule has 1 aromatic carbocycles. The van der Waals surface area contributed by atoms with Crippen LogP contribution in [0, 0.1) is 11.8 Å². The summed E-state index contributed by atoms with van der Waals surface area (Å²) in [6.07, 6.45) is 7.05. The topological polar surface area (TPSA) is 3.24 Å². The van der Waals surface area contributed by atoms with Gasteiger partial charge in [-0.25, -0.2) is 0 Å². The third-order valence-corrected chi connectivity index (χ3v) is 10.6. The van der Waals surface area contributed by atoms with Gasteiger partial charge in [-0.2, -0.15) is 0 Å². The fourth-order valence-electron chi connectivity index (χ4n) is 4.69. The summed E-state index contributed by atoms with van der Waals surface area (Å²) in [5.41, 5.74) is 1.56. The minimum atomic E-state index is -0.974. The van der Waals surface area contributed by atoms with E-state index in [1.807, 2.05) is 0 Å². The monoisotopic (exact) mass is 378 g/mol. The lowest BCUT2D eigenvalue weighted by Crippen LogP contribution is -2.38. The highest BCUT2D eigenvalue weighted by Crippen LogP contribution is 2.64. The van der Waals surface area contributed by atoms with Gasteiger partial charge in [0.15, 0.2) is 0 Å². The predicted molar refractivity (Wildman–Crippen MR) is 123 cm³/mol. The molecule has 26 heavy (non-hydrogen) atoms. The van der Waals surface area contributed by atoms with Crippen LogP contribution in [0.2, 0.25) is 0 Å². The third kappa shape index (κ3) is 8.53. The van der Waals surface area contributed by atoms with Crippen molar-refractivity contribution >= 4 is 7.26 Å². The van der Waals surface area contributed by atoms with Crippen molar-refractivity contribution in [2.75, 3.05) is 25.0 Å². The van der Waals surface area contributed by atoms with E-state index in [0.29, 0.717) is 12.1 Å². The highest BCUT2D eigenvalue weighted by atomic mass is 31.2. The molecule has 0 saturated heterocycles. The molecule has 0 atom stereocenters. The van der Waals surface area contributed by atoms with Gasteiger partial charge in [-0.05, 0) is 51.5 Å². The lowest BCUT2D eigenvalue weighted by molar-refractivity contribution is 0.176. The van der Waals surface area contributed by atoms with E-state index >= 15 is 0 Å². The first-order valence-electron chi connectivity index (χ1n) is 10.8. The number of benzene rings is 1. The molecule has 0 aliphatic heterocycles. The van der Waals surface area contributed by atoms with Crippen molar-refractivity contribution in [1.82, 2.24) is 4.90 Å². The van der Waals surface area contributed by atoms with E-state index in [2.05, 4.69) is 90.6 Å². The fourth-order valence-corrected chi connectivity index (χ4v) is 10.5. The molecule has 1 aromatic rings. The summed E-state index contributed by atoms with van der Waals surface area (Å²) in [5, 5.41) is 0. The summed E-state index contributed by atoms with van der Waals surface area (Å²) in [6.45, 7) is 20.3. The Bertz CT molecular complexity index is 460. The zero-order valence-corrected chi connectivity index (χ0v) is 19.7. The van der Waals surface area contributed by atoms with Gasteiger partial charge in [0.25, 0.3) is 0 Å². The van der Waals surface area contributed by atoms with Gasteiger partial charge in [0.1, 0.15) is 0 Å². The molecule has 2 heteroatoms. The Balaban J connectivity index is 2.93. The average molecular weight is 379 g/mol. The van der Waals surface area contributed by atoms with Crippen molar-refractivity contribution in [3.05, 3.63) is 35.9 Å². The van der Waals surface area contributed by atoms with Crippen LogP contribution in [0.25, 0.3) is 0 Å². The smallest absolute Gasteiger partial charge is 0.0843 e. The summed E-state index contributed by atoms with van der Waals surface area (Å²) >= 11 is 0. The van der Waals surface area contributed by atoms with Gasteiger partial charge in [0.2, 0.25) is 0 Å². The maximum atomic E-state index is 2.67. The number of hydrogen-bond donors (Lipinski definition) is 0. The zero-order valence-electron chi connectivity index (χ0n) is 18.8. The van der Waals surface area contributed by atoms with Gasteiger partial charge in [-0.3, -0.25) is 4.90 Å². The highest BCUT2D eigenvalue weighted by Gasteiger charge is 2.38. The molecule has 0 N–H and O–H groups in total. The molecular weight excluding hydrogens is 333 g/mol. The Morgan fingerprint density at radius 1 is 0.769 bits per heavy atom. The number of rotatable bonds is 12. The summed E-state index contributed by atoms with van der Waals surface area (Å²) in [6, 6.07) is 12.6. The molecule has 0 aliphatic rings. The van der Waals surface area contributed by atoms with Crippen LogP contribution in [0.3, 0.4) is 0 Å². The van der Waals surface area contributed by atoms with Crippen molar-refractivity contribution < 1.29 is 0 Å². The lowest BCUT2D eigenvalue weighted by Gasteiger charge is -2.34. The van der Waals surface area contributed by atoms with E-state index in [0.717, 1.165) is 11.8 Å². The van der Waals surface area contributed by atoms with E-state index in [4.69, 9.17) is 0 Å². The summed E-state index contributed by atoms with van der Waals surface area (Å²) in [5.74, 6) is 1.61. The summed E-state index contributed by atoms with van der Waals surface area (Å²) < 4.78 is 0. The van der Waals surface area contributed by atoms with Gasteiger partial charge < -0.3 is 0 Å². The van der Waals surface area contributed by atoms with Crippen molar-refractivity contribution in [1.29, 1.82) is 0 Å². The normalized spacial score (nSPS) is 13.0. The van der Waals surface area contributed by atoms with E-state index < -0.39 is 7.26 Å². The quantitative estimate of drug-likeness (QED) is 0.353. The van der Waals surface area contributed by atoms with Gasteiger partial charge in [0.05, 0.1) is 24.6 Å². The Morgan fingerprint density at radius 3 is 1.69 bits per heavy atom. The van der Waals surface area contributed by atoms with Crippen LogP contribution in [0.15, 0.2) is 30.3 Å². The summed E-state index contributed by atoms with van der Waals surface area (Å²) in [4.78, 5) is 2.67. The van der Waals surface area contributed by atoms with E-state index in [1.165, 1.54) is 37.6 Å². The Labute approximate surface area is 165 Å². The van der Waals surface area contributed by atoms with Crippen LogP contribution in [-0.4, -0.2) is 42.0 Å².